The fraction of sp³-hybridized carbons (Fsp3) is 0.409. The molecule has 0 saturated heterocycles. The number of nitrogen functional groups attached to an aromatic ring is 1. The molecule has 28 heavy (non-hydrogen) atoms. The number of esters is 1. The molecule has 0 radical (unpaired) electrons. The van der Waals surface area contributed by atoms with Gasteiger partial charge in [0.25, 0.3) is 0 Å². The number of anilines is 1. The summed E-state index contributed by atoms with van der Waals surface area (Å²) >= 11 is 0. The Morgan fingerprint density at radius 1 is 1.04 bits per heavy atom. The number of ether oxygens (including phenoxy) is 1. The Balaban J connectivity index is 2.19. The molecule has 5 nitrogen and oxygen atoms in total. The van der Waals surface area contributed by atoms with Crippen LogP contribution in [0.2, 0.25) is 0 Å². The number of carbonyl (C=O) groups excluding carboxylic acids is 1. The topological polar surface area (TPSA) is 78.6 Å². The summed E-state index contributed by atoms with van der Waals surface area (Å²) < 4.78 is 23.4. The lowest BCUT2D eigenvalue weighted by Gasteiger charge is -2.20. The van der Waals surface area contributed by atoms with Crippen LogP contribution < -0.4 is 5.73 Å². The van der Waals surface area contributed by atoms with Gasteiger partial charge < -0.3 is 10.5 Å². The van der Waals surface area contributed by atoms with E-state index in [0.717, 1.165) is 11.1 Å². The molecule has 2 aromatic carbocycles. The summed E-state index contributed by atoms with van der Waals surface area (Å²) in [5.41, 5.74) is 7.84. The zero-order valence-electron chi connectivity index (χ0n) is 16.7. The minimum absolute atomic E-state index is 0.201. The molecule has 3 unspecified atom stereocenters. The van der Waals surface area contributed by atoms with E-state index < -0.39 is 19.6 Å². The third-order valence-corrected chi connectivity index (χ3v) is 6.04. The lowest BCUT2D eigenvalue weighted by atomic mass is 9.90. The number of rotatable bonds is 10. The van der Waals surface area contributed by atoms with Crippen molar-refractivity contribution >= 4 is 19.7 Å². The van der Waals surface area contributed by atoms with Crippen LogP contribution in [-0.4, -0.2) is 18.7 Å². The second-order valence-electron chi connectivity index (χ2n) is 7.31. The molecule has 2 rings (SSSR count). The van der Waals surface area contributed by atoms with E-state index in [0.29, 0.717) is 18.5 Å². The van der Waals surface area contributed by atoms with Gasteiger partial charge in [-0.1, -0.05) is 56.3 Å². The van der Waals surface area contributed by atoms with Gasteiger partial charge in [0.1, 0.15) is 12.5 Å². The lowest BCUT2D eigenvalue weighted by molar-refractivity contribution is -0.150. The van der Waals surface area contributed by atoms with Crippen LogP contribution in [0.15, 0.2) is 54.6 Å². The predicted molar refractivity (Wildman–Crippen MR) is 112 cm³/mol. The molecule has 0 aliphatic rings. The second kappa shape index (κ2) is 10.9. The first kappa shape index (κ1) is 22.1. The molecular formula is C22H29NO4P+. The summed E-state index contributed by atoms with van der Waals surface area (Å²) in [6.45, 7) is 4.28. The van der Waals surface area contributed by atoms with Crippen molar-refractivity contribution < 1.29 is 18.6 Å². The van der Waals surface area contributed by atoms with Gasteiger partial charge in [-0.2, -0.15) is 0 Å². The molecule has 0 aliphatic heterocycles. The summed E-state index contributed by atoms with van der Waals surface area (Å²) in [6, 6.07) is 16.9. The number of benzene rings is 2. The molecule has 0 aliphatic carbocycles. The molecule has 0 spiro atoms. The summed E-state index contributed by atoms with van der Waals surface area (Å²) in [5, 5.41) is 0. The molecule has 0 bridgehead atoms. The van der Waals surface area contributed by atoms with E-state index in [4.69, 9.17) is 15.0 Å². The summed E-state index contributed by atoms with van der Waals surface area (Å²) in [4.78, 5) is 12.9. The highest BCUT2D eigenvalue weighted by molar-refractivity contribution is 7.40. The van der Waals surface area contributed by atoms with Crippen LogP contribution in [0.5, 0.6) is 0 Å². The van der Waals surface area contributed by atoms with Gasteiger partial charge in [0.15, 0.2) is 0 Å². The maximum Gasteiger partial charge on any atom is 0.512 e. The third-order valence-electron chi connectivity index (χ3n) is 4.59. The fourth-order valence-corrected chi connectivity index (χ4v) is 4.32. The molecular weight excluding hydrogens is 373 g/mol. The number of hydrogen-bond donors (Lipinski definition) is 1. The van der Waals surface area contributed by atoms with Gasteiger partial charge in [0, 0.05) is 12.1 Å². The Morgan fingerprint density at radius 2 is 1.68 bits per heavy atom. The van der Waals surface area contributed by atoms with Crippen LogP contribution in [0.3, 0.4) is 0 Å². The standard InChI is InChI=1S/C22H29NO4P/c1-16(2)13-20(22(24)27-15-18-7-5-4-6-8-18)21(28(25)26-3)14-17-9-11-19(23)12-10-17/h4-12,16,20-21H,13-15,23H2,1-3H3/q+1. The number of nitrogens with two attached hydrogens (primary N) is 1. The Morgan fingerprint density at radius 3 is 2.25 bits per heavy atom. The van der Waals surface area contributed by atoms with Crippen LogP contribution in [0.4, 0.5) is 5.69 Å². The highest BCUT2D eigenvalue weighted by Crippen LogP contribution is 2.39. The quantitative estimate of drug-likeness (QED) is 0.345. The molecule has 0 aromatic heterocycles. The minimum atomic E-state index is -2.02. The van der Waals surface area contributed by atoms with Crippen molar-refractivity contribution in [2.75, 3.05) is 12.8 Å². The highest BCUT2D eigenvalue weighted by atomic mass is 31.1. The lowest BCUT2D eigenvalue weighted by Crippen LogP contribution is -2.31. The first-order valence-electron chi connectivity index (χ1n) is 9.46. The van der Waals surface area contributed by atoms with Crippen molar-refractivity contribution in [1.82, 2.24) is 0 Å². The van der Waals surface area contributed by atoms with Crippen LogP contribution in [0, 0.1) is 11.8 Å². The number of carbonyl (C=O) groups is 1. The molecule has 0 saturated carbocycles. The minimum Gasteiger partial charge on any atom is -0.460 e. The highest BCUT2D eigenvalue weighted by Gasteiger charge is 2.44. The molecule has 3 atom stereocenters. The molecule has 2 aromatic rings. The average Bonchev–Trinajstić information content (AvgIpc) is 2.70. The van der Waals surface area contributed by atoms with Crippen molar-refractivity contribution in [1.29, 1.82) is 0 Å². The summed E-state index contributed by atoms with van der Waals surface area (Å²) in [6.07, 6.45) is 1.04. The van der Waals surface area contributed by atoms with Crippen LogP contribution >= 0.6 is 8.03 Å². The first-order chi connectivity index (χ1) is 13.4. The Labute approximate surface area is 168 Å². The normalized spacial score (nSPS) is 13.8. The molecule has 0 fully saturated rings. The van der Waals surface area contributed by atoms with Gasteiger partial charge in [-0.3, -0.25) is 4.79 Å². The third kappa shape index (κ3) is 6.74. The molecule has 6 heteroatoms. The van der Waals surface area contributed by atoms with Crippen LogP contribution in [-0.2, 0) is 31.6 Å². The molecule has 0 amide bonds. The summed E-state index contributed by atoms with van der Waals surface area (Å²) in [5.74, 6) is -0.591. The van der Waals surface area contributed by atoms with Crippen molar-refractivity contribution in [3.05, 3.63) is 65.7 Å². The average molecular weight is 402 g/mol. The zero-order valence-corrected chi connectivity index (χ0v) is 17.6. The van der Waals surface area contributed by atoms with E-state index in [9.17, 15) is 9.36 Å². The molecule has 2 N–H and O–H groups in total. The van der Waals surface area contributed by atoms with Crippen LogP contribution in [0.1, 0.15) is 31.4 Å². The maximum atomic E-state index is 12.9. The molecule has 0 heterocycles. The van der Waals surface area contributed by atoms with E-state index in [-0.39, 0.29) is 18.5 Å². The monoisotopic (exact) mass is 402 g/mol. The van der Waals surface area contributed by atoms with Crippen molar-refractivity contribution in [2.24, 2.45) is 11.8 Å². The van der Waals surface area contributed by atoms with Crippen LogP contribution in [0.25, 0.3) is 0 Å². The first-order valence-corrected chi connectivity index (χ1v) is 10.7. The summed E-state index contributed by atoms with van der Waals surface area (Å²) in [7, 11) is -0.609. The van der Waals surface area contributed by atoms with E-state index in [2.05, 4.69) is 0 Å². The van der Waals surface area contributed by atoms with Gasteiger partial charge in [-0.25, -0.2) is 0 Å². The van der Waals surface area contributed by atoms with Crippen molar-refractivity contribution in [3.63, 3.8) is 0 Å². The number of hydrogen-bond acceptors (Lipinski definition) is 5. The maximum absolute atomic E-state index is 12.9. The Hall–Kier alpha value is -2.23. The fourth-order valence-electron chi connectivity index (χ4n) is 3.15. The van der Waals surface area contributed by atoms with Crippen molar-refractivity contribution in [3.8, 4) is 0 Å². The predicted octanol–water partition coefficient (Wildman–Crippen LogP) is 4.97. The van der Waals surface area contributed by atoms with Gasteiger partial charge in [0.2, 0.25) is 5.66 Å². The van der Waals surface area contributed by atoms with E-state index in [1.807, 2.05) is 56.3 Å². The van der Waals surface area contributed by atoms with Gasteiger partial charge in [0.05, 0.1) is 7.11 Å². The van der Waals surface area contributed by atoms with Gasteiger partial charge in [-0.15, -0.1) is 4.52 Å². The van der Waals surface area contributed by atoms with E-state index in [1.54, 1.807) is 12.1 Å². The zero-order chi connectivity index (χ0) is 20.5. The molecule has 150 valence electrons. The van der Waals surface area contributed by atoms with Gasteiger partial charge >= 0.3 is 14.0 Å². The Bertz CT molecular complexity index is 762. The van der Waals surface area contributed by atoms with E-state index in [1.165, 1.54) is 7.11 Å². The smallest absolute Gasteiger partial charge is 0.460 e. The van der Waals surface area contributed by atoms with E-state index >= 15 is 0 Å². The van der Waals surface area contributed by atoms with Gasteiger partial charge in [-0.05, 0) is 40.2 Å². The largest absolute Gasteiger partial charge is 0.512 e. The Kier molecular flexibility index (Phi) is 8.62. The second-order valence-corrected chi connectivity index (χ2v) is 8.91. The SMILES string of the molecule is CO[P+](=O)C(Cc1ccc(N)cc1)C(CC(C)C)C(=O)OCc1ccccc1. The van der Waals surface area contributed by atoms with Crippen molar-refractivity contribution in [2.45, 2.75) is 39.0 Å².